The van der Waals surface area contributed by atoms with Crippen molar-refractivity contribution >= 4 is 0 Å². The van der Waals surface area contributed by atoms with Crippen LogP contribution in [0, 0.1) is 0 Å². The van der Waals surface area contributed by atoms with Gasteiger partial charge in [-0.3, -0.25) is 0 Å². The van der Waals surface area contributed by atoms with Crippen LogP contribution in [0.5, 0.6) is 0 Å². The highest BCUT2D eigenvalue weighted by Crippen LogP contribution is 2.43. The lowest BCUT2D eigenvalue weighted by atomic mass is 9.99. The summed E-state index contributed by atoms with van der Waals surface area (Å²) in [6, 6.07) is 0. The van der Waals surface area contributed by atoms with Gasteiger partial charge >= 0.3 is 12.1 Å². The van der Waals surface area contributed by atoms with Crippen molar-refractivity contribution in [1.82, 2.24) is 0 Å². The standard InChI is InChI=1S/C13H21F5O3/c1-2-3-4-5-8-20-10-7-6-9(19)11(21-10)12(14,15)13(16,17)18/h9-11,19H,2-8H2,1H3/t9-,10+,11-/m1/s1. The molecule has 1 rings (SSSR count). The van der Waals surface area contributed by atoms with Crippen LogP contribution in [0.15, 0.2) is 0 Å². The Kier molecular flexibility index (Phi) is 6.80. The van der Waals surface area contributed by atoms with Gasteiger partial charge in [-0.05, 0) is 12.8 Å². The van der Waals surface area contributed by atoms with E-state index < -0.39 is 30.6 Å². The number of alkyl halides is 5. The van der Waals surface area contributed by atoms with Gasteiger partial charge in [-0.1, -0.05) is 26.2 Å². The van der Waals surface area contributed by atoms with Crippen LogP contribution in [-0.4, -0.2) is 42.3 Å². The second kappa shape index (κ2) is 7.69. The minimum atomic E-state index is -5.76. The molecule has 0 unspecified atom stereocenters. The summed E-state index contributed by atoms with van der Waals surface area (Å²) in [6.07, 6.45) is -7.88. The van der Waals surface area contributed by atoms with Gasteiger partial charge in [-0.15, -0.1) is 0 Å². The topological polar surface area (TPSA) is 38.7 Å². The molecule has 0 radical (unpaired) electrons. The Morgan fingerprint density at radius 1 is 1.10 bits per heavy atom. The average molecular weight is 320 g/mol. The zero-order chi connectivity index (χ0) is 16.1. The normalized spacial score (nSPS) is 27.9. The molecule has 0 amide bonds. The molecule has 0 aromatic rings. The molecule has 1 aliphatic rings. The maximum atomic E-state index is 13.3. The molecule has 0 saturated carbocycles. The predicted molar refractivity (Wildman–Crippen MR) is 65.0 cm³/mol. The zero-order valence-corrected chi connectivity index (χ0v) is 11.8. The molecule has 21 heavy (non-hydrogen) atoms. The first-order chi connectivity index (χ1) is 9.70. The number of ether oxygens (including phenoxy) is 2. The van der Waals surface area contributed by atoms with Crippen LogP contribution in [0.4, 0.5) is 22.0 Å². The SMILES string of the molecule is CCCCCCO[C@@H]1CC[C@@H](O)[C@H](C(F)(F)C(F)(F)F)O1. The number of aliphatic hydroxyl groups is 1. The summed E-state index contributed by atoms with van der Waals surface area (Å²) < 4.78 is 73.3. The monoisotopic (exact) mass is 320 g/mol. The van der Waals surface area contributed by atoms with Crippen LogP contribution in [0.25, 0.3) is 0 Å². The third-order valence-electron chi connectivity index (χ3n) is 3.38. The van der Waals surface area contributed by atoms with Crippen molar-refractivity contribution in [2.24, 2.45) is 0 Å². The van der Waals surface area contributed by atoms with E-state index in [1.807, 2.05) is 6.92 Å². The highest BCUT2D eigenvalue weighted by atomic mass is 19.4. The molecule has 1 saturated heterocycles. The van der Waals surface area contributed by atoms with Gasteiger partial charge in [0.2, 0.25) is 0 Å². The van der Waals surface area contributed by atoms with Gasteiger partial charge in [0.1, 0.15) is 0 Å². The summed E-state index contributed by atoms with van der Waals surface area (Å²) in [4.78, 5) is 0. The van der Waals surface area contributed by atoms with Crippen LogP contribution < -0.4 is 0 Å². The number of hydrogen-bond acceptors (Lipinski definition) is 3. The quantitative estimate of drug-likeness (QED) is 0.575. The third-order valence-corrected chi connectivity index (χ3v) is 3.38. The molecule has 126 valence electrons. The van der Waals surface area contributed by atoms with Crippen molar-refractivity contribution in [3.63, 3.8) is 0 Å². The maximum Gasteiger partial charge on any atom is 0.456 e. The lowest BCUT2D eigenvalue weighted by Crippen LogP contribution is -2.57. The van der Waals surface area contributed by atoms with E-state index in [2.05, 4.69) is 4.74 Å². The van der Waals surface area contributed by atoms with Crippen LogP contribution >= 0.6 is 0 Å². The van der Waals surface area contributed by atoms with E-state index >= 15 is 0 Å². The molecule has 3 nitrogen and oxygen atoms in total. The van der Waals surface area contributed by atoms with Gasteiger partial charge in [0.05, 0.1) is 6.10 Å². The fourth-order valence-corrected chi connectivity index (χ4v) is 2.14. The Morgan fingerprint density at radius 3 is 2.33 bits per heavy atom. The third kappa shape index (κ3) is 5.03. The second-order valence-corrected chi connectivity index (χ2v) is 5.18. The lowest BCUT2D eigenvalue weighted by molar-refractivity contribution is -0.358. The van der Waals surface area contributed by atoms with E-state index in [0.29, 0.717) is 6.42 Å². The van der Waals surface area contributed by atoms with Crippen molar-refractivity contribution < 1.29 is 36.5 Å². The van der Waals surface area contributed by atoms with E-state index in [9.17, 15) is 27.1 Å². The fraction of sp³-hybridized carbons (Fsp3) is 1.00. The van der Waals surface area contributed by atoms with Crippen molar-refractivity contribution in [2.75, 3.05) is 6.61 Å². The molecule has 0 aliphatic carbocycles. The molecule has 1 fully saturated rings. The first kappa shape index (κ1) is 18.6. The molecule has 0 aromatic heterocycles. The largest absolute Gasteiger partial charge is 0.456 e. The molecular formula is C13H21F5O3. The van der Waals surface area contributed by atoms with Gasteiger partial charge in [0.15, 0.2) is 12.4 Å². The summed E-state index contributed by atoms with van der Waals surface area (Å²) in [5.74, 6) is -5.10. The first-order valence-electron chi connectivity index (χ1n) is 7.09. The highest BCUT2D eigenvalue weighted by molar-refractivity contribution is 4.92. The van der Waals surface area contributed by atoms with Crippen LogP contribution in [0.2, 0.25) is 0 Å². The van der Waals surface area contributed by atoms with Crippen LogP contribution in [0.3, 0.4) is 0 Å². The zero-order valence-electron chi connectivity index (χ0n) is 11.8. The van der Waals surface area contributed by atoms with E-state index in [1.54, 1.807) is 0 Å². The lowest BCUT2D eigenvalue weighted by Gasteiger charge is -2.38. The van der Waals surface area contributed by atoms with Crippen LogP contribution in [0.1, 0.15) is 45.4 Å². The van der Waals surface area contributed by atoms with E-state index in [0.717, 1.165) is 19.3 Å². The summed E-state index contributed by atoms with van der Waals surface area (Å²) in [5.41, 5.74) is 0. The highest BCUT2D eigenvalue weighted by Gasteiger charge is 2.66. The Balaban J connectivity index is 2.50. The maximum absolute atomic E-state index is 13.3. The number of aliphatic hydroxyl groups excluding tert-OH is 1. The predicted octanol–water partition coefficient (Wildman–Crippen LogP) is 3.65. The van der Waals surface area contributed by atoms with E-state index in [-0.39, 0.29) is 19.4 Å². The average Bonchev–Trinajstić information content (AvgIpc) is 2.38. The molecule has 0 aromatic carbocycles. The van der Waals surface area contributed by atoms with Crippen molar-refractivity contribution in [3.05, 3.63) is 0 Å². The van der Waals surface area contributed by atoms with E-state index in [1.165, 1.54) is 0 Å². The van der Waals surface area contributed by atoms with E-state index in [4.69, 9.17) is 4.74 Å². The van der Waals surface area contributed by atoms with Crippen molar-refractivity contribution in [3.8, 4) is 0 Å². The molecule has 1 N–H and O–H groups in total. The minimum Gasteiger partial charge on any atom is -0.390 e. The molecule has 3 atom stereocenters. The van der Waals surface area contributed by atoms with Gasteiger partial charge in [0.25, 0.3) is 0 Å². The molecule has 0 spiro atoms. The molecular weight excluding hydrogens is 299 g/mol. The first-order valence-corrected chi connectivity index (χ1v) is 7.09. The summed E-state index contributed by atoms with van der Waals surface area (Å²) in [5, 5.41) is 9.37. The molecule has 0 bridgehead atoms. The summed E-state index contributed by atoms with van der Waals surface area (Å²) >= 11 is 0. The minimum absolute atomic E-state index is 0.0966. The number of rotatable bonds is 7. The number of halogens is 5. The molecule has 8 heteroatoms. The number of hydrogen-bond donors (Lipinski definition) is 1. The van der Waals surface area contributed by atoms with Gasteiger partial charge < -0.3 is 14.6 Å². The Hall–Kier alpha value is -0.470. The summed E-state index contributed by atoms with van der Waals surface area (Å²) in [7, 11) is 0. The second-order valence-electron chi connectivity index (χ2n) is 5.18. The Bertz CT molecular complexity index is 309. The number of unbranched alkanes of at least 4 members (excludes halogenated alkanes) is 3. The van der Waals surface area contributed by atoms with Crippen molar-refractivity contribution in [2.45, 2.75) is 76.0 Å². The Labute approximate surface area is 120 Å². The molecule has 1 heterocycles. The fourth-order valence-electron chi connectivity index (χ4n) is 2.14. The van der Waals surface area contributed by atoms with Crippen molar-refractivity contribution in [1.29, 1.82) is 0 Å². The smallest absolute Gasteiger partial charge is 0.390 e. The summed E-state index contributed by atoms with van der Waals surface area (Å²) in [6.45, 7) is 2.27. The van der Waals surface area contributed by atoms with Gasteiger partial charge in [-0.2, -0.15) is 22.0 Å². The molecule has 1 aliphatic heterocycles. The van der Waals surface area contributed by atoms with Crippen LogP contribution in [-0.2, 0) is 9.47 Å². The van der Waals surface area contributed by atoms with Gasteiger partial charge in [-0.25, -0.2) is 0 Å². The Morgan fingerprint density at radius 2 is 1.76 bits per heavy atom. The van der Waals surface area contributed by atoms with Gasteiger partial charge in [0, 0.05) is 13.0 Å².